The van der Waals surface area contributed by atoms with Gasteiger partial charge in [-0.05, 0) is 26.8 Å². The van der Waals surface area contributed by atoms with Gasteiger partial charge in [0.2, 0.25) is 0 Å². The average molecular weight is 299 g/mol. The van der Waals surface area contributed by atoms with E-state index in [0.717, 1.165) is 4.90 Å². The van der Waals surface area contributed by atoms with Crippen LogP contribution in [0.1, 0.15) is 31.9 Å². The zero-order valence-corrected chi connectivity index (χ0v) is 12.6. The standard InChI is InChI=1S/C15H19F2NO3/c1-14(2,3)21-13(19)18-8-10-11(15(16,17)9-18)6-5-7-12(10)20-4/h5-7H,8-9H2,1-4H3. The third-order valence-electron chi connectivity index (χ3n) is 3.14. The minimum atomic E-state index is -3.13. The van der Waals surface area contributed by atoms with Gasteiger partial charge >= 0.3 is 6.09 Å². The summed E-state index contributed by atoms with van der Waals surface area (Å²) in [5.41, 5.74) is -0.503. The van der Waals surface area contributed by atoms with Gasteiger partial charge in [-0.25, -0.2) is 4.79 Å². The fourth-order valence-corrected chi connectivity index (χ4v) is 2.29. The maximum absolute atomic E-state index is 14.3. The summed E-state index contributed by atoms with van der Waals surface area (Å²) in [6, 6.07) is 4.49. The zero-order valence-electron chi connectivity index (χ0n) is 12.6. The smallest absolute Gasteiger partial charge is 0.410 e. The van der Waals surface area contributed by atoms with Crippen molar-refractivity contribution in [2.45, 2.75) is 38.8 Å². The first-order valence-electron chi connectivity index (χ1n) is 6.66. The molecule has 0 bridgehead atoms. The number of halogens is 2. The molecule has 0 aromatic heterocycles. The maximum Gasteiger partial charge on any atom is 0.410 e. The zero-order chi connectivity index (χ0) is 15.8. The van der Waals surface area contributed by atoms with Crippen molar-refractivity contribution in [1.29, 1.82) is 0 Å². The minimum Gasteiger partial charge on any atom is -0.496 e. The van der Waals surface area contributed by atoms with E-state index in [-0.39, 0.29) is 12.1 Å². The third-order valence-corrected chi connectivity index (χ3v) is 3.14. The number of methoxy groups -OCH3 is 1. The SMILES string of the molecule is COc1cccc2c1CN(C(=O)OC(C)(C)C)CC2(F)F. The number of carbonyl (C=O) groups is 1. The number of benzene rings is 1. The third kappa shape index (κ3) is 3.25. The van der Waals surface area contributed by atoms with Gasteiger partial charge in [0.25, 0.3) is 5.92 Å². The first kappa shape index (κ1) is 15.5. The number of rotatable bonds is 1. The van der Waals surface area contributed by atoms with E-state index in [1.807, 2.05) is 0 Å². The number of fused-ring (bicyclic) bond motifs is 1. The van der Waals surface area contributed by atoms with Crippen LogP contribution >= 0.6 is 0 Å². The minimum absolute atomic E-state index is 0.0455. The Bertz CT molecular complexity index is 552. The second-order valence-corrected chi connectivity index (χ2v) is 6.03. The van der Waals surface area contributed by atoms with Gasteiger partial charge in [0.1, 0.15) is 11.4 Å². The van der Waals surface area contributed by atoms with E-state index in [2.05, 4.69) is 0 Å². The molecule has 0 atom stereocenters. The Labute approximate surface area is 122 Å². The van der Waals surface area contributed by atoms with Crippen molar-refractivity contribution in [1.82, 2.24) is 4.90 Å². The van der Waals surface area contributed by atoms with Crippen molar-refractivity contribution < 1.29 is 23.0 Å². The Morgan fingerprint density at radius 3 is 2.57 bits per heavy atom. The van der Waals surface area contributed by atoms with Gasteiger partial charge in [-0.2, -0.15) is 8.78 Å². The van der Waals surface area contributed by atoms with Gasteiger partial charge in [-0.3, -0.25) is 4.90 Å². The van der Waals surface area contributed by atoms with Crippen LogP contribution in [0.15, 0.2) is 18.2 Å². The van der Waals surface area contributed by atoms with Crippen LogP contribution in [-0.4, -0.2) is 30.2 Å². The van der Waals surface area contributed by atoms with Gasteiger partial charge in [0, 0.05) is 11.1 Å². The van der Waals surface area contributed by atoms with E-state index in [1.54, 1.807) is 26.8 Å². The van der Waals surface area contributed by atoms with Crippen LogP contribution in [0, 0.1) is 0 Å². The van der Waals surface area contributed by atoms with Crippen molar-refractivity contribution in [3.05, 3.63) is 29.3 Å². The Morgan fingerprint density at radius 2 is 2.00 bits per heavy atom. The summed E-state index contributed by atoms with van der Waals surface area (Å²) in [6.07, 6.45) is -0.751. The number of nitrogens with zero attached hydrogens (tertiary/aromatic N) is 1. The summed E-state index contributed by atoms with van der Waals surface area (Å²) >= 11 is 0. The second kappa shape index (κ2) is 5.16. The van der Waals surface area contributed by atoms with Crippen LogP contribution in [-0.2, 0) is 17.2 Å². The highest BCUT2D eigenvalue weighted by Crippen LogP contribution is 2.40. The first-order valence-corrected chi connectivity index (χ1v) is 6.66. The second-order valence-electron chi connectivity index (χ2n) is 6.03. The molecule has 1 amide bonds. The van der Waals surface area contributed by atoms with Crippen molar-refractivity contribution in [3.8, 4) is 5.75 Å². The molecule has 1 aliphatic heterocycles. The van der Waals surface area contributed by atoms with E-state index in [0.29, 0.717) is 11.3 Å². The van der Waals surface area contributed by atoms with Crippen molar-refractivity contribution in [2.24, 2.45) is 0 Å². The molecule has 2 rings (SSSR count). The molecule has 1 aromatic carbocycles. The van der Waals surface area contributed by atoms with Gasteiger partial charge < -0.3 is 9.47 Å². The fraction of sp³-hybridized carbons (Fsp3) is 0.533. The topological polar surface area (TPSA) is 38.8 Å². The molecule has 0 N–H and O–H groups in total. The highest BCUT2D eigenvalue weighted by atomic mass is 19.3. The van der Waals surface area contributed by atoms with E-state index in [9.17, 15) is 13.6 Å². The normalized spacial score (nSPS) is 17.1. The van der Waals surface area contributed by atoms with Gasteiger partial charge in [0.15, 0.2) is 0 Å². The molecule has 1 heterocycles. The van der Waals surface area contributed by atoms with E-state index < -0.39 is 24.2 Å². The largest absolute Gasteiger partial charge is 0.496 e. The molecule has 4 nitrogen and oxygen atoms in total. The molecule has 0 radical (unpaired) electrons. The van der Waals surface area contributed by atoms with Gasteiger partial charge in [0.05, 0.1) is 20.2 Å². The lowest BCUT2D eigenvalue weighted by atomic mass is 9.96. The van der Waals surface area contributed by atoms with Crippen LogP contribution in [0.25, 0.3) is 0 Å². The Morgan fingerprint density at radius 1 is 1.33 bits per heavy atom. The molecule has 116 valence electrons. The van der Waals surface area contributed by atoms with Crippen LogP contribution < -0.4 is 4.74 Å². The maximum atomic E-state index is 14.3. The molecule has 21 heavy (non-hydrogen) atoms. The highest BCUT2D eigenvalue weighted by molar-refractivity contribution is 5.69. The number of ether oxygens (including phenoxy) is 2. The highest BCUT2D eigenvalue weighted by Gasteiger charge is 2.43. The number of hydrogen-bond donors (Lipinski definition) is 0. The molecule has 0 aliphatic carbocycles. The van der Waals surface area contributed by atoms with E-state index >= 15 is 0 Å². The number of amides is 1. The number of carbonyl (C=O) groups excluding carboxylic acids is 1. The number of hydrogen-bond acceptors (Lipinski definition) is 3. The van der Waals surface area contributed by atoms with Crippen molar-refractivity contribution in [2.75, 3.05) is 13.7 Å². The quantitative estimate of drug-likeness (QED) is 0.796. The van der Waals surface area contributed by atoms with Crippen LogP contribution in [0.5, 0.6) is 5.75 Å². The monoisotopic (exact) mass is 299 g/mol. The first-order chi connectivity index (χ1) is 9.64. The summed E-state index contributed by atoms with van der Waals surface area (Å²) in [6.45, 7) is 4.44. The summed E-state index contributed by atoms with van der Waals surface area (Å²) in [7, 11) is 1.42. The lowest BCUT2D eigenvalue weighted by Crippen LogP contribution is -2.45. The molecule has 0 fully saturated rings. The summed E-state index contributed by atoms with van der Waals surface area (Å²) in [4.78, 5) is 13.1. The average Bonchev–Trinajstić information content (AvgIpc) is 2.35. The molecule has 1 aliphatic rings. The fourth-order valence-electron chi connectivity index (χ4n) is 2.29. The van der Waals surface area contributed by atoms with Crippen LogP contribution in [0.4, 0.5) is 13.6 Å². The molecular weight excluding hydrogens is 280 g/mol. The van der Waals surface area contributed by atoms with Crippen LogP contribution in [0.3, 0.4) is 0 Å². The molecular formula is C15H19F2NO3. The molecule has 1 aromatic rings. The Kier molecular flexibility index (Phi) is 3.82. The Hall–Kier alpha value is -1.85. The molecule has 0 spiro atoms. The molecule has 0 unspecified atom stereocenters. The molecule has 0 saturated heterocycles. The van der Waals surface area contributed by atoms with Crippen LogP contribution in [0.2, 0.25) is 0 Å². The van der Waals surface area contributed by atoms with Gasteiger partial charge in [-0.1, -0.05) is 12.1 Å². The Balaban J connectivity index is 2.34. The van der Waals surface area contributed by atoms with Crippen molar-refractivity contribution in [3.63, 3.8) is 0 Å². The lowest BCUT2D eigenvalue weighted by Gasteiger charge is -2.35. The molecule has 0 saturated carbocycles. The summed E-state index contributed by atoms with van der Waals surface area (Å²) < 4.78 is 38.8. The summed E-state index contributed by atoms with van der Waals surface area (Å²) in [5, 5.41) is 0. The predicted octanol–water partition coefficient (Wildman–Crippen LogP) is 3.54. The predicted molar refractivity (Wildman–Crippen MR) is 73.5 cm³/mol. The molecule has 6 heteroatoms. The number of alkyl halides is 2. The lowest BCUT2D eigenvalue weighted by molar-refractivity contribution is -0.0595. The van der Waals surface area contributed by atoms with E-state index in [4.69, 9.17) is 9.47 Å². The van der Waals surface area contributed by atoms with Crippen molar-refractivity contribution >= 4 is 6.09 Å². The van der Waals surface area contributed by atoms with Gasteiger partial charge in [-0.15, -0.1) is 0 Å². The van der Waals surface area contributed by atoms with E-state index in [1.165, 1.54) is 19.2 Å². The summed E-state index contributed by atoms with van der Waals surface area (Å²) in [5.74, 6) is -2.78.